The van der Waals surface area contributed by atoms with Gasteiger partial charge in [-0.15, -0.1) is 11.3 Å². The molecule has 0 saturated heterocycles. The molecule has 3 N–H and O–H groups in total. The van der Waals surface area contributed by atoms with E-state index in [9.17, 15) is 0 Å². The van der Waals surface area contributed by atoms with Crippen molar-refractivity contribution < 1.29 is 0 Å². The molecule has 0 aliphatic rings. The molecule has 0 aliphatic heterocycles. The molecule has 16 heavy (non-hydrogen) atoms. The zero-order valence-electron chi connectivity index (χ0n) is 10.9. The maximum atomic E-state index is 5.49. The molecule has 1 heterocycles. The van der Waals surface area contributed by atoms with Gasteiger partial charge in [0.25, 0.3) is 0 Å². The van der Waals surface area contributed by atoms with E-state index < -0.39 is 0 Å². The van der Waals surface area contributed by atoms with Crippen LogP contribution in [-0.2, 0) is 5.41 Å². The van der Waals surface area contributed by atoms with E-state index in [2.05, 4.69) is 44.9 Å². The SMILES string of the molecule is Cc1nc(C(C)(C)C)sc1C(C)NCCN. The highest BCUT2D eigenvalue weighted by atomic mass is 32.1. The van der Waals surface area contributed by atoms with E-state index in [0.717, 1.165) is 12.2 Å². The van der Waals surface area contributed by atoms with Crippen LogP contribution < -0.4 is 11.1 Å². The maximum absolute atomic E-state index is 5.49. The van der Waals surface area contributed by atoms with Gasteiger partial charge in [0.1, 0.15) is 0 Å². The number of nitrogens with one attached hydrogen (secondary N) is 1. The number of hydrogen-bond acceptors (Lipinski definition) is 4. The van der Waals surface area contributed by atoms with E-state index in [-0.39, 0.29) is 5.41 Å². The van der Waals surface area contributed by atoms with Gasteiger partial charge in [0.05, 0.1) is 10.7 Å². The summed E-state index contributed by atoms with van der Waals surface area (Å²) in [7, 11) is 0. The quantitative estimate of drug-likeness (QED) is 0.851. The first-order valence-corrected chi connectivity index (χ1v) is 6.59. The Bertz CT molecular complexity index is 339. The average Bonchev–Trinajstić information content (AvgIpc) is 2.56. The lowest BCUT2D eigenvalue weighted by atomic mass is 9.98. The van der Waals surface area contributed by atoms with Gasteiger partial charge in [-0.3, -0.25) is 0 Å². The summed E-state index contributed by atoms with van der Waals surface area (Å²) in [5, 5.41) is 4.61. The molecule has 3 nitrogen and oxygen atoms in total. The molecule has 1 unspecified atom stereocenters. The molecule has 0 radical (unpaired) electrons. The van der Waals surface area contributed by atoms with Crippen molar-refractivity contribution in [3.8, 4) is 0 Å². The molecular formula is C12H23N3S. The zero-order chi connectivity index (χ0) is 12.3. The van der Waals surface area contributed by atoms with Crippen LogP contribution in [0.3, 0.4) is 0 Å². The minimum absolute atomic E-state index is 0.140. The molecule has 92 valence electrons. The van der Waals surface area contributed by atoms with Gasteiger partial charge >= 0.3 is 0 Å². The second-order valence-electron chi connectivity index (χ2n) is 5.18. The van der Waals surface area contributed by atoms with E-state index in [4.69, 9.17) is 5.73 Å². The van der Waals surface area contributed by atoms with Crippen LogP contribution in [-0.4, -0.2) is 18.1 Å². The van der Waals surface area contributed by atoms with E-state index in [0.29, 0.717) is 12.6 Å². The first kappa shape index (κ1) is 13.6. The highest BCUT2D eigenvalue weighted by Gasteiger charge is 2.21. The molecule has 0 saturated carbocycles. The van der Waals surface area contributed by atoms with Crippen molar-refractivity contribution in [3.05, 3.63) is 15.6 Å². The average molecular weight is 241 g/mol. The Kier molecular flexibility index (Phi) is 4.47. The smallest absolute Gasteiger partial charge is 0.0985 e. The number of aryl methyl sites for hydroxylation is 1. The van der Waals surface area contributed by atoms with E-state index in [1.807, 2.05) is 11.3 Å². The minimum Gasteiger partial charge on any atom is -0.329 e. The van der Waals surface area contributed by atoms with Crippen molar-refractivity contribution in [1.29, 1.82) is 0 Å². The summed E-state index contributed by atoms with van der Waals surface area (Å²) in [5.41, 5.74) is 6.78. The predicted molar refractivity (Wildman–Crippen MR) is 71.0 cm³/mol. The second-order valence-corrected chi connectivity index (χ2v) is 6.21. The lowest BCUT2D eigenvalue weighted by Crippen LogP contribution is -2.25. The Morgan fingerprint density at radius 1 is 1.44 bits per heavy atom. The Balaban J connectivity index is 2.85. The summed E-state index contributed by atoms with van der Waals surface area (Å²) < 4.78 is 0. The van der Waals surface area contributed by atoms with Crippen LogP contribution in [0.5, 0.6) is 0 Å². The lowest BCUT2D eigenvalue weighted by Gasteiger charge is -2.14. The molecule has 0 bridgehead atoms. The first-order valence-electron chi connectivity index (χ1n) is 5.77. The predicted octanol–water partition coefficient (Wildman–Crippen LogP) is 2.36. The summed E-state index contributed by atoms with van der Waals surface area (Å²) in [5.74, 6) is 0. The van der Waals surface area contributed by atoms with Crippen LogP contribution >= 0.6 is 11.3 Å². The van der Waals surface area contributed by atoms with E-state index >= 15 is 0 Å². The van der Waals surface area contributed by atoms with Crippen LogP contribution in [0.2, 0.25) is 0 Å². The molecular weight excluding hydrogens is 218 g/mol. The van der Waals surface area contributed by atoms with Gasteiger partial charge in [-0.2, -0.15) is 0 Å². The molecule has 1 aromatic rings. The van der Waals surface area contributed by atoms with Crippen LogP contribution in [0.1, 0.15) is 49.3 Å². The summed E-state index contributed by atoms with van der Waals surface area (Å²) in [6, 6.07) is 0.345. The molecule has 0 fully saturated rings. The van der Waals surface area contributed by atoms with Crippen molar-refractivity contribution in [2.75, 3.05) is 13.1 Å². The third-order valence-corrected chi connectivity index (χ3v) is 4.23. The summed E-state index contributed by atoms with van der Waals surface area (Å²) in [6.45, 7) is 12.4. The van der Waals surface area contributed by atoms with E-state index in [1.54, 1.807) is 0 Å². The summed E-state index contributed by atoms with van der Waals surface area (Å²) in [6.07, 6.45) is 0. The first-order chi connectivity index (χ1) is 7.36. The fourth-order valence-corrected chi connectivity index (χ4v) is 2.67. The normalized spacial score (nSPS) is 14.1. The number of thiazole rings is 1. The number of rotatable bonds is 4. The fourth-order valence-electron chi connectivity index (χ4n) is 1.52. The Hall–Kier alpha value is -0.450. The molecule has 0 aromatic carbocycles. The minimum atomic E-state index is 0.140. The van der Waals surface area contributed by atoms with Crippen LogP contribution in [0.4, 0.5) is 0 Å². The number of aromatic nitrogens is 1. The van der Waals surface area contributed by atoms with Gasteiger partial charge in [-0.25, -0.2) is 4.98 Å². The van der Waals surface area contributed by atoms with Crippen LogP contribution in [0.25, 0.3) is 0 Å². The molecule has 0 amide bonds. The van der Waals surface area contributed by atoms with E-state index in [1.165, 1.54) is 9.88 Å². The van der Waals surface area contributed by atoms with Gasteiger partial charge in [0, 0.05) is 29.4 Å². The highest BCUT2D eigenvalue weighted by molar-refractivity contribution is 7.12. The van der Waals surface area contributed by atoms with Gasteiger partial charge < -0.3 is 11.1 Å². The van der Waals surface area contributed by atoms with Crippen molar-refractivity contribution in [2.24, 2.45) is 5.73 Å². The Morgan fingerprint density at radius 3 is 2.50 bits per heavy atom. The second kappa shape index (κ2) is 5.25. The third-order valence-electron chi connectivity index (χ3n) is 2.46. The van der Waals surface area contributed by atoms with Crippen molar-refractivity contribution in [1.82, 2.24) is 10.3 Å². The Labute approximate surface area is 102 Å². The topological polar surface area (TPSA) is 50.9 Å². The number of nitrogens with two attached hydrogens (primary N) is 1. The monoisotopic (exact) mass is 241 g/mol. The lowest BCUT2D eigenvalue weighted by molar-refractivity contribution is 0.581. The number of nitrogens with zero attached hydrogens (tertiary/aromatic N) is 1. The van der Waals surface area contributed by atoms with Crippen molar-refractivity contribution in [2.45, 2.75) is 46.1 Å². The molecule has 4 heteroatoms. The molecule has 1 atom stereocenters. The van der Waals surface area contributed by atoms with Crippen LogP contribution in [0.15, 0.2) is 0 Å². The molecule has 0 spiro atoms. The standard InChI is InChI=1S/C12H23N3S/c1-8(14-7-6-13)10-9(2)15-11(16-10)12(3,4)5/h8,14H,6-7,13H2,1-5H3. The van der Waals surface area contributed by atoms with Gasteiger partial charge in [0.15, 0.2) is 0 Å². The van der Waals surface area contributed by atoms with Gasteiger partial charge in [-0.05, 0) is 13.8 Å². The number of hydrogen-bond donors (Lipinski definition) is 2. The summed E-state index contributed by atoms with van der Waals surface area (Å²) in [4.78, 5) is 5.99. The van der Waals surface area contributed by atoms with Crippen molar-refractivity contribution in [3.63, 3.8) is 0 Å². The molecule has 0 aliphatic carbocycles. The van der Waals surface area contributed by atoms with Crippen LogP contribution in [0, 0.1) is 6.92 Å². The molecule has 1 rings (SSSR count). The maximum Gasteiger partial charge on any atom is 0.0985 e. The largest absolute Gasteiger partial charge is 0.329 e. The van der Waals surface area contributed by atoms with Crippen molar-refractivity contribution >= 4 is 11.3 Å². The fraction of sp³-hybridized carbons (Fsp3) is 0.750. The van der Waals surface area contributed by atoms with Gasteiger partial charge in [-0.1, -0.05) is 20.8 Å². The highest BCUT2D eigenvalue weighted by Crippen LogP contribution is 2.32. The van der Waals surface area contributed by atoms with Gasteiger partial charge in [0.2, 0.25) is 0 Å². The zero-order valence-corrected chi connectivity index (χ0v) is 11.7. The summed E-state index contributed by atoms with van der Waals surface area (Å²) >= 11 is 1.81. The Morgan fingerprint density at radius 2 is 2.06 bits per heavy atom. The molecule has 1 aromatic heterocycles. The third kappa shape index (κ3) is 3.27.